The number of para-hydroxylation sites is 2. The Morgan fingerprint density at radius 2 is 1.07 bits per heavy atom. The van der Waals surface area contributed by atoms with E-state index in [0.717, 1.165) is 60.8 Å². The molecule has 0 bridgehead atoms. The van der Waals surface area contributed by atoms with E-state index in [2.05, 4.69) is 27.6 Å². The van der Waals surface area contributed by atoms with Gasteiger partial charge in [0.05, 0.1) is 45.6 Å². The van der Waals surface area contributed by atoms with Crippen LogP contribution < -0.4 is 0 Å². The molecule has 0 radical (unpaired) electrons. The summed E-state index contributed by atoms with van der Waals surface area (Å²) in [5.41, 5.74) is 6.54. The molecule has 46 heavy (non-hydrogen) atoms. The smallest absolute Gasteiger partial charge is 0.319 e. The Hall–Kier alpha value is -5.80. The van der Waals surface area contributed by atoms with Gasteiger partial charge in [-0.2, -0.15) is 13.2 Å². The molecule has 0 spiro atoms. The summed E-state index contributed by atoms with van der Waals surface area (Å²) >= 11 is 0. The fourth-order valence-corrected chi connectivity index (χ4v) is 6.94. The van der Waals surface area contributed by atoms with Gasteiger partial charge in [-0.1, -0.05) is 83.9 Å². The third kappa shape index (κ3) is 4.05. The van der Waals surface area contributed by atoms with Gasteiger partial charge in [-0.25, -0.2) is 4.85 Å². The van der Waals surface area contributed by atoms with Gasteiger partial charge in [0.15, 0.2) is 0 Å². The molecule has 3 nitrogen and oxygen atoms in total. The zero-order chi connectivity index (χ0) is 31.7. The lowest BCUT2D eigenvalue weighted by atomic mass is 9.96. The molecule has 0 fully saturated rings. The lowest BCUT2D eigenvalue weighted by Crippen LogP contribution is -2.09. The van der Waals surface area contributed by atoms with Gasteiger partial charge in [0.1, 0.15) is 0 Å². The molecule has 6 aromatic carbocycles. The number of hydrogen-bond donors (Lipinski definition) is 0. The second kappa shape index (κ2) is 10.1. The van der Waals surface area contributed by atoms with Gasteiger partial charge >= 0.3 is 6.18 Å². The van der Waals surface area contributed by atoms with Crippen LogP contribution >= 0.6 is 0 Å². The molecule has 0 N–H and O–H groups in total. The van der Waals surface area contributed by atoms with Crippen molar-refractivity contribution < 1.29 is 13.2 Å². The number of aromatic nitrogens is 2. The number of nitrogens with zero attached hydrogens (tertiary/aromatic N) is 3. The van der Waals surface area contributed by atoms with Crippen molar-refractivity contribution in [2.75, 3.05) is 0 Å². The highest BCUT2D eigenvalue weighted by molar-refractivity contribution is 6.12. The van der Waals surface area contributed by atoms with E-state index in [1.807, 2.05) is 85.1 Å². The summed E-state index contributed by atoms with van der Waals surface area (Å²) in [4.78, 5) is 4.15. The lowest BCUT2D eigenvalue weighted by Gasteiger charge is -2.22. The highest BCUT2D eigenvalue weighted by Crippen LogP contribution is 2.48. The van der Waals surface area contributed by atoms with Gasteiger partial charge < -0.3 is 9.13 Å². The third-order valence-corrected chi connectivity index (χ3v) is 8.89. The van der Waals surface area contributed by atoms with Crippen molar-refractivity contribution in [3.05, 3.63) is 149 Å². The first kappa shape index (κ1) is 27.7. The Morgan fingerprint density at radius 3 is 1.67 bits per heavy atom. The topological polar surface area (TPSA) is 14.2 Å². The maximum absolute atomic E-state index is 14.6. The number of benzene rings is 6. The van der Waals surface area contributed by atoms with Crippen LogP contribution in [-0.4, -0.2) is 9.13 Å². The average Bonchev–Trinajstić information content (AvgIpc) is 3.55. The van der Waals surface area contributed by atoms with Crippen LogP contribution in [0, 0.1) is 20.4 Å². The van der Waals surface area contributed by atoms with E-state index in [1.54, 1.807) is 18.2 Å². The van der Waals surface area contributed by atoms with Crippen molar-refractivity contribution in [1.29, 1.82) is 0 Å². The van der Waals surface area contributed by atoms with Gasteiger partial charge in [0, 0.05) is 21.5 Å². The molecule has 0 atom stereocenters. The largest absolute Gasteiger partial charge is 0.417 e. The van der Waals surface area contributed by atoms with E-state index >= 15 is 0 Å². The monoisotopic (exact) mass is 605 g/mol. The molecular weight excluding hydrogens is 579 g/mol. The number of aryl methyl sites for hydroxylation is 2. The first-order chi connectivity index (χ1) is 22.3. The van der Waals surface area contributed by atoms with Crippen LogP contribution in [-0.2, 0) is 6.18 Å². The Bertz CT molecular complexity index is 2560. The molecule has 0 amide bonds. The molecule has 0 aliphatic carbocycles. The molecule has 0 unspecified atom stereocenters. The summed E-state index contributed by atoms with van der Waals surface area (Å²) in [5.74, 6) is 0. The second-order valence-electron chi connectivity index (χ2n) is 11.7. The van der Waals surface area contributed by atoms with Crippen molar-refractivity contribution in [2.24, 2.45) is 0 Å². The average molecular weight is 606 g/mol. The van der Waals surface area contributed by atoms with E-state index < -0.39 is 11.7 Å². The van der Waals surface area contributed by atoms with Crippen LogP contribution in [0.25, 0.3) is 71.0 Å². The number of fused-ring (bicyclic) bond motifs is 6. The van der Waals surface area contributed by atoms with E-state index in [1.165, 1.54) is 12.1 Å². The number of hydrogen-bond acceptors (Lipinski definition) is 0. The van der Waals surface area contributed by atoms with Gasteiger partial charge in [0.25, 0.3) is 0 Å². The summed E-state index contributed by atoms with van der Waals surface area (Å²) in [7, 11) is 0. The van der Waals surface area contributed by atoms with E-state index in [9.17, 15) is 13.2 Å². The lowest BCUT2D eigenvalue weighted by molar-refractivity contribution is -0.137. The number of alkyl halides is 3. The van der Waals surface area contributed by atoms with Gasteiger partial charge in [-0.05, 0) is 73.5 Å². The molecule has 2 heterocycles. The fraction of sp³-hybridized carbons (Fsp3) is 0.0750. The van der Waals surface area contributed by atoms with Crippen LogP contribution in [0.2, 0.25) is 0 Å². The number of rotatable bonds is 3. The van der Waals surface area contributed by atoms with Gasteiger partial charge in [-0.15, -0.1) is 0 Å². The van der Waals surface area contributed by atoms with Crippen molar-refractivity contribution in [2.45, 2.75) is 20.0 Å². The summed E-state index contributed by atoms with van der Waals surface area (Å²) in [6, 6.07) is 37.4. The summed E-state index contributed by atoms with van der Waals surface area (Å²) in [5, 5.41) is 4.02. The SMILES string of the molecule is [C-]#[N+]c1c(-n2c3ccccc3c3cc(C)ccc32)ccc(-c2ccccc2C(F)(F)F)c1-n1c2ccccc2c2cc(C)ccc21. The molecule has 2 aromatic heterocycles. The summed E-state index contributed by atoms with van der Waals surface area (Å²) < 4.78 is 47.7. The second-order valence-corrected chi connectivity index (χ2v) is 11.7. The standard InChI is InChI=1S/C40H26F3N3/c1-24-16-19-35-30(22-24)27-11-5-8-14-33(27)45(35)37-21-18-29(26-10-4-7-13-32(26)40(41,42)43)39(38(37)44-3)46-34-15-9-6-12-28(34)31-23-25(2)17-20-36(31)46/h4-23H,1-2H3. The predicted octanol–water partition coefficient (Wildman–Crippen LogP) is 11.7. The fourth-order valence-electron chi connectivity index (χ4n) is 6.94. The van der Waals surface area contributed by atoms with E-state index in [-0.39, 0.29) is 11.3 Å². The molecule has 6 heteroatoms. The minimum absolute atomic E-state index is 0.0253. The Balaban J connectivity index is 1.59. The highest BCUT2D eigenvalue weighted by atomic mass is 19.4. The zero-order valence-electron chi connectivity index (χ0n) is 25.0. The Morgan fingerprint density at radius 1 is 0.543 bits per heavy atom. The molecule has 8 aromatic rings. The molecule has 0 aliphatic heterocycles. The summed E-state index contributed by atoms with van der Waals surface area (Å²) in [6.45, 7) is 12.7. The molecule has 0 aliphatic rings. The van der Waals surface area contributed by atoms with Crippen LogP contribution in [0.15, 0.2) is 121 Å². The van der Waals surface area contributed by atoms with E-state index in [0.29, 0.717) is 16.9 Å². The molecule has 8 rings (SSSR count). The summed E-state index contributed by atoms with van der Waals surface area (Å²) in [6.07, 6.45) is -4.59. The Labute approximate surface area is 263 Å². The number of halogens is 3. The van der Waals surface area contributed by atoms with Crippen molar-refractivity contribution in [3.63, 3.8) is 0 Å². The molecular formula is C40H26F3N3. The third-order valence-electron chi connectivity index (χ3n) is 8.89. The normalized spacial score (nSPS) is 12.0. The van der Waals surface area contributed by atoms with Crippen LogP contribution in [0.3, 0.4) is 0 Å². The van der Waals surface area contributed by atoms with Crippen molar-refractivity contribution in [1.82, 2.24) is 9.13 Å². The van der Waals surface area contributed by atoms with Gasteiger partial charge in [0.2, 0.25) is 5.69 Å². The predicted molar refractivity (Wildman–Crippen MR) is 181 cm³/mol. The van der Waals surface area contributed by atoms with Crippen LogP contribution in [0.5, 0.6) is 0 Å². The molecule has 222 valence electrons. The van der Waals surface area contributed by atoms with Gasteiger partial charge in [-0.3, -0.25) is 0 Å². The first-order valence-corrected chi connectivity index (χ1v) is 15.0. The van der Waals surface area contributed by atoms with Crippen LogP contribution in [0.4, 0.5) is 18.9 Å². The highest BCUT2D eigenvalue weighted by Gasteiger charge is 2.35. The van der Waals surface area contributed by atoms with Crippen molar-refractivity contribution in [3.8, 4) is 22.5 Å². The Kier molecular flexibility index (Phi) is 6.10. The molecule has 0 saturated carbocycles. The zero-order valence-corrected chi connectivity index (χ0v) is 25.0. The quantitative estimate of drug-likeness (QED) is 0.178. The first-order valence-electron chi connectivity index (χ1n) is 15.0. The minimum Gasteiger partial charge on any atom is -0.319 e. The minimum atomic E-state index is -4.59. The molecule has 0 saturated heterocycles. The maximum Gasteiger partial charge on any atom is 0.417 e. The maximum atomic E-state index is 14.6. The van der Waals surface area contributed by atoms with Crippen molar-refractivity contribution >= 4 is 49.3 Å². The van der Waals surface area contributed by atoms with Crippen LogP contribution in [0.1, 0.15) is 16.7 Å². The van der Waals surface area contributed by atoms with E-state index in [4.69, 9.17) is 6.57 Å².